The number of methoxy groups -OCH3 is 1. The number of piperidine rings is 1. The number of hydrogen-bond donors (Lipinski definition) is 0. The highest BCUT2D eigenvalue weighted by molar-refractivity contribution is 5.75. The summed E-state index contributed by atoms with van der Waals surface area (Å²) in [6.45, 7) is 3.49. The third kappa shape index (κ3) is 5.13. The minimum atomic E-state index is -0.362. The Morgan fingerprint density at radius 3 is 2.56 bits per heavy atom. The lowest BCUT2D eigenvalue weighted by Crippen LogP contribution is -2.37. The van der Waals surface area contributed by atoms with E-state index in [2.05, 4.69) is 9.88 Å². The van der Waals surface area contributed by atoms with Crippen molar-refractivity contribution in [3.8, 4) is 5.75 Å². The van der Waals surface area contributed by atoms with Gasteiger partial charge in [0.1, 0.15) is 5.75 Å². The second kappa shape index (κ2) is 9.91. The fraction of sp³-hybridized carbons (Fsp3) is 0.417. The van der Waals surface area contributed by atoms with Crippen LogP contribution < -0.4 is 10.3 Å². The molecule has 0 bridgehead atoms. The molecule has 8 heteroatoms. The van der Waals surface area contributed by atoms with Gasteiger partial charge < -0.3 is 14.2 Å². The number of non-ortho nitro benzene ring substituents is 1. The minimum absolute atomic E-state index is 0.0227. The van der Waals surface area contributed by atoms with Crippen LogP contribution in [0.3, 0.4) is 0 Å². The SMILES string of the molecule is COc1cnc2ccc(=O)n(CCN3CCC(CCc4ccc([N+](=O)[O-])cc4)CC3)c2c1. The molecule has 4 rings (SSSR count). The maximum Gasteiger partial charge on any atom is 0.269 e. The average molecular weight is 437 g/mol. The molecular weight excluding hydrogens is 408 g/mol. The Labute approximate surface area is 186 Å². The van der Waals surface area contributed by atoms with Crippen molar-refractivity contribution in [3.63, 3.8) is 0 Å². The van der Waals surface area contributed by atoms with Gasteiger partial charge in [-0.05, 0) is 56.3 Å². The minimum Gasteiger partial charge on any atom is -0.495 e. The summed E-state index contributed by atoms with van der Waals surface area (Å²) in [5.74, 6) is 1.31. The Morgan fingerprint density at radius 1 is 1.12 bits per heavy atom. The Bertz CT molecular complexity index is 1130. The lowest BCUT2D eigenvalue weighted by atomic mass is 9.90. The zero-order chi connectivity index (χ0) is 22.5. The molecule has 1 fully saturated rings. The van der Waals surface area contributed by atoms with Gasteiger partial charge in [0.2, 0.25) is 0 Å². The third-order valence-electron chi connectivity index (χ3n) is 6.38. The summed E-state index contributed by atoms with van der Waals surface area (Å²) in [4.78, 5) is 29.7. The number of pyridine rings is 2. The van der Waals surface area contributed by atoms with Crippen LogP contribution in [0.1, 0.15) is 24.8 Å². The van der Waals surface area contributed by atoms with Crippen molar-refractivity contribution in [2.24, 2.45) is 5.92 Å². The number of nitrogens with zero attached hydrogens (tertiary/aromatic N) is 4. The van der Waals surface area contributed by atoms with Gasteiger partial charge in [-0.1, -0.05) is 12.1 Å². The van der Waals surface area contributed by atoms with Crippen LogP contribution in [0, 0.1) is 16.0 Å². The lowest BCUT2D eigenvalue weighted by molar-refractivity contribution is -0.384. The highest BCUT2D eigenvalue weighted by Crippen LogP contribution is 2.23. The van der Waals surface area contributed by atoms with Gasteiger partial charge in [-0.3, -0.25) is 19.9 Å². The number of fused-ring (bicyclic) bond motifs is 1. The van der Waals surface area contributed by atoms with E-state index in [-0.39, 0.29) is 16.2 Å². The maximum absolute atomic E-state index is 12.5. The molecule has 3 aromatic rings. The number of rotatable bonds is 8. The number of likely N-dealkylation sites (tertiary alicyclic amines) is 1. The molecule has 2 aromatic heterocycles. The Hall–Kier alpha value is -3.26. The largest absolute Gasteiger partial charge is 0.495 e. The van der Waals surface area contributed by atoms with Gasteiger partial charge in [0.25, 0.3) is 11.2 Å². The normalized spacial score (nSPS) is 15.2. The Balaban J connectivity index is 1.29. The molecule has 1 aliphatic heterocycles. The van der Waals surface area contributed by atoms with Crippen molar-refractivity contribution < 1.29 is 9.66 Å². The predicted octanol–water partition coefficient (Wildman–Crippen LogP) is 3.66. The van der Waals surface area contributed by atoms with Crippen molar-refractivity contribution in [1.82, 2.24) is 14.5 Å². The molecule has 0 saturated carbocycles. The third-order valence-corrected chi connectivity index (χ3v) is 6.38. The molecule has 3 heterocycles. The van der Waals surface area contributed by atoms with Gasteiger partial charge in [-0.2, -0.15) is 0 Å². The van der Waals surface area contributed by atoms with E-state index in [1.54, 1.807) is 42.1 Å². The van der Waals surface area contributed by atoms with Gasteiger partial charge in [0.15, 0.2) is 0 Å². The number of aromatic nitrogens is 2. The topological polar surface area (TPSA) is 90.5 Å². The molecule has 168 valence electrons. The van der Waals surface area contributed by atoms with Crippen LogP contribution in [0.4, 0.5) is 5.69 Å². The van der Waals surface area contributed by atoms with Crippen molar-refractivity contribution in [3.05, 3.63) is 74.7 Å². The monoisotopic (exact) mass is 436 g/mol. The predicted molar refractivity (Wildman–Crippen MR) is 123 cm³/mol. The summed E-state index contributed by atoms with van der Waals surface area (Å²) in [6, 6.07) is 12.1. The molecule has 0 amide bonds. The highest BCUT2D eigenvalue weighted by Gasteiger charge is 2.19. The summed E-state index contributed by atoms with van der Waals surface area (Å²) in [5, 5.41) is 10.8. The van der Waals surface area contributed by atoms with Gasteiger partial charge in [-0.15, -0.1) is 0 Å². The standard InChI is InChI=1S/C24H28N4O4/c1-32-21-16-23-22(25-17-21)8-9-24(29)27(23)15-14-26-12-10-19(11-13-26)3-2-18-4-6-20(7-5-18)28(30)31/h4-9,16-17,19H,2-3,10-15H2,1H3. The number of nitro groups is 1. The molecule has 0 N–H and O–H groups in total. The molecule has 1 aliphatic rings. The van der Waals surface area contributed by atoms with Gasteiger partial charge in [-0.25, -0.2) is 0 Å². The molecule has 0 unspecified atom stereocenters. The number of nitro benzene ring substituents is 1. The molecule has 8 nitrogen and oxygen atoms in total. The fourth-order valence-corrected chi connectivity index (χ4v) is 4.39. The van der Waals surface area contributed by atoms with E-state index < -0.39 is 0 Å². The van der Waals surface area contributed by atoms with Crippen molar-refractivity contribution in [2.75, 3.05) is 26.7 Å². The van der Waals surface area contributed by atoms with Crippen molar-refractivity contribution in [1.29, 1.82) is 0 Å². The van der Waals surface area contributed by atoms with E-state index in [1.165, 1.54) is 0 Å². The fourth-order valence-electron chi connectivity index (χ4n) is 4.39. The van der Waals surface area contributed by atoms with Crippen LogP contribution in [-0.2, 0) is 13.0 Å². The van der Waals surface area contributed by atoms with Crippen LogP contribution in [0.25, 0.3) is 11.0 Å². The quantitative estimate of drug-likeness (QED) is 0.395. The number of aryl methyl sites for hydroxylation is 1. The molecule has 0 atom stereocenters. The van der Waals surface area contributed by atoms with Gasteiger partial charge in [0, 0.05) is 37.4 Å². The zero-order valence-electron chi connectivity index (χ0n) is 18.3. The van der Waals surface area contributed by atoms with Gasteiger partial charge >= 0.3 is 0 Å². The molecule has 0 spiro atoms. The van der Waals surface area contributed by atoms with E-state index in [0.717, 1.165) is 61.9 Å². The average Bonchev–Trinajstić information content (AvgIpc) is 2.82. The number of benzene rings is 1. The molecule has 0 aliphatic carbocycles. The number of hydrogen-bond acceptors (Lipinski definition) is 6. The Kier molecular flexibility index (Phi) is 6.80. The molecular formula is C24H28N4O4. The van der Waals surface area contributed by atoms with E-state index in [9.17, 15) is 14.9 Å². The van der Waals surface area contributed by atoms with Crippen LogP contribution >= 0.6 is 0 Å². The maximum atomic E-state index is 12.5. The van der Waals surface area contributed by atoms with E-state index >= 15 is 0 Å². The van der Waals surface area contributed by atoms with Crippen molar-refractivity contribution >= 4 is 16.7 Å². The second-order valence-electron chi connectivity index (χ2n) is 8.35. The first-order valence-electron chi connectivity index (χ1n) is 11.0. The second-order valence-corrected chi connectivity index (χ2v) is 8.35. The highest BCUT2D eigenvalue weighted by atomic mass is 16.6. The summed E-state index contributed by atoms with van der Waals surface area (Å²) >= 11 is 0. The first kappa shape index (κ1) is 22.0. The van der Waals surface area contributed by atoms with Crippen LogP contribution in [-0.4, -0.2) is 46.1 Å². The molecule has 1 aromatic carbocycles. The first-order valence-corrected chi connectivity index (χ1v) is 11.0. The molecule has 0 radical (unpaired) electrons. The van der Waals surface area contributed by atoms with E-state index in [0.29, 0.717) is 18.2 Å². The van der Waals surface area contributed by atoms with Crippen LogP contribution in [0.15, 0.2) is 53.5 Å². The number of ether oxygens (including phenoxy) is 1. The zero-order valence-corrected chi connectivity index (χ0v) is 18.3. The van der Waals surface area contributed by atoms with Crippen LogP contribution in [0.2, 0.25) is 0 Å². The summed E-state index contributed by atoms with van der Waals surface area (Å²) < 4.78 is 7.06. The van der Waals surface area contributed by atoms with Crippen LogP contribution in [0.5, 0.6) is 5.75 Å². The summed E-state index contributed by atoms with van der Waals surface area (Å²) in [5.41, 5.74) is 2.86. The Morgan fingerprint density at radius 2 is 1.88 bits per heavy atom. The molecule has 32 heavy (non-hydrogen) atoms. The van der Waals surface area contributed by atoms with Crippen molar-refractivity contribution in [2.45, 2.75) is 32.2 Å². The summed E-state index contributed by atoms with van der Waals surface area (Å²) in [6.07, 6.45) is 5.97. The molecule has 1 saturated heterocycles. The first-order chi connectivity index (χ1) is 15.5. The van der Waals surface area contributed by atoms with Gasteiger partial charge in [0.05, 0.1) is 29.3 Å². The van der Waals surface area contributed by atoms with E-state index in [4.69, 9.17) is 4.74 Å². The lowest BCUT2D eigenvalue weighted by Gasteiger charge is -2.32. The summed E-state index contributed by atoms with van der Waals surface area (Å²) in [7, 11) is 1.60. The van der Waals surface area contributed by atoms with E-state index in [1.807, 2.05) is 18.2 Å². The smallest absolute Gasteiger partial charge is 0.269 e.